The smallest absolute Gasteiger partial charge is 0.565 e. The van der Waals surface area contributed by atoms with Gasteiger partial charge in [-0.05, 0) is 13.8 Å². The van der Waals surface area contributed by atoms with Gasteiger partial charge in [0.1, 0.15) is 12.5 Å². The third-order valence-corrected chi connectivity index (χ3v) is 1.18. The highest BCUT2D eigenvalue weighted by molar-refractivity contribution is 5.50. The predicted octanol–water partition coefficient (Wildman–Crippen LogP) is -0.439. The van der Waals surface area contributed by atoms with Gasteiger partial charge >= 0.3 is 1.43 Å². The van der Waals surface area contributed by atoms with Crippen LogP contribution in [0.15, 0.2) is 0 Å². The Kier molecular flexibility index (Phi) is 10.4. The molecule has 0 aliphatic heterocycles. The van der Waals surface area contributed by atoms with Crippen LogP contribution in [0.5, 0.6) is 0 Å². The molecule has 2 atom stereocenters. The molecule has 0 aliphatic carbocycles. The minimum absolute atomic E-state index is 0. The van der Waals surface area contributed by atoms with Gasteiger partial charge in [0.05, 0.1) is 0 Å². The Balaban J connectivity index is -0.000000209. The van der Waals surface area contributed by atoms with Gasteiger partial charge in [-0.25, -0.2) is 0 Å². The molecule has 0 amide bonds. The van der Waals surface area contributed by atoms with Crippen molar-refractivity contribution in [1.82, 2.24) is 5.32 Å². The monoisotopic (exact) mass is 195 g/mol. The summed E-state index contributed by atoms with van der Waals surface area (Å²) >= 11 is 0. The first-order valence-electron chi connectivity index (χ1n) is 3.65. The number of nitrogens with one attached hydrogen (secondary N) is 1. The summed E-state index contributed by atoms with van der Waals surface area (Å²) in [6.07, 6.45) is -1.97. The Morgan fingerprint density at radius 1 is 1.38 bits per heavy atom. The van der Waals surface area contributed by atoms with Crippen molar-refractivity contribution in [1.29, 1.82) is 0 Å². The van der Waals surface area contributed by atoms with Gasteiger partial charge in [-0.1, -0.05) is 0 Å². The molecule has 0 saturated heterocycles. The molecule has 0 fully saturated rings. The third-order valence-electron chi connectivity index (χ3n) is 1.18. The molecule has 0 aromatic heterocycles. The molecule has 0 aromatic carbocycles. The molecule has 2 unspecified atom stereocenters. The quantitative estimate of drug-likeness (QED) is 0.591. The van der Waals surface area contributed by atoms with Crippen molar-refractivity contribution in [2.75, 3.05) is 14.2 Å². The molecule has 0 aromatic rings. The highest BCUT2D eigenvalue weighted by Crippen LogP contribution is 1.86. The van der Waals surface area contributed by atoms with E-state index in [1.54, 1.807) is 14.2 Å². The van der Waals surface area contributed by atoms with Crippen LogP contribution in [0.3, 0.4) is 0 Å². The van der Waals surface area contributed by atoms with Crippen LogP contribution in [0.25, 0.3) is 0 Å². The van der Waals surface area contributed by atoms with Crippen molar-refractivity contribution in [2.45, 2.75) is 26.3 Å². The summed E-state index contributed by atoms with van der Waals surface area (Å²) in [5.41, 5.74) is 0. The summed E-state index contributed by atoms with van der Waals surface area (Å²) < 4.78 is 9.86. The molecule has 0 bridgehead atoms. The highest BCUT2D eigenvalue weighted by atomic mass is 16.6. The third kappa shape index (κ3) is 18.3. The molecule has 0 aliphatic rings. The largest absolute Gasteiger partial charge is 1.00 e. The fourth-order valence-electron chi connectivity index (χ4n) is 0.467. The van der Waals surface area contributed by atoms with Gasteiger partial charge in [-0.2, -0.15) is 0 Å². The van der Waals surface area contributed by atoms with Crippen LogP contribution in [-0.4, -0.2) is 37.9 Å². The first-order valence-corrected chi connectivity index (χ1v) is 3.65. The van der Waals surface area contributed by atoms with E-state index in [1.165, 1.54) is 0 Å². The molecule has 6 nitrogen and oxygen atoms in total. The number of ether oxygens (including phenoxy) is 2. The summed E-state index contributed by atoms with van der Waals surface area (Å²) in [5.74, 6) is 0. The van der Waals surface area contributed by atoms with E-state index in [0.717, 1.165) is 0 Å². The Labute approximate surface area is 78.9 Å². The van der Waals surface area contributed by atoms with Gasteiger partial charge in [0.2, 0.25) is 6.16 Å². The van der Waals surface area contributed by atoms with Crippen LogP contribution in [0.2, 0.25) is 0 Å². The van der Waals surface area contributed by atoms with Crippen molar-refractivity contribution < 1.29 is 25.9 Å². The Morgan fingerprint density at radius 3 is 1.77 bits per heavy atom. The molecule has 13 heavy (non-hydrogen) atoms. The second kappa shape index (κ2) is 9.24. The molecule has 6 heteroatoms. The van der Waals surface area contributed by atoms with Crippen LogP contribution in [0.1, 0.15) is 15.3 Å². The van der Waals surface area contributed by atoms with Crippen molar-refractivity contribution >= 4 is 6.16 Å². The molecule has 2 N–H and O–H groups in total. The van der Waals surface area contributed by atoms with Crippen LogP contribution in [-0.2, 0) is 9.47 Å². The molecule has 80 valence electrons. The number of methoxy groups -OCH3 is 2. The lowest BCUT2D eigenvalue weighted by Gasteiger charge is -2.16. The molecule has 0 heterocycles. The lowest BCUT2D eigenvalue weighted by atomic mass is 10.5. The van der Waals surface area contributed by atoms with E-state index >= 15 is 0 Å². The minimum atomic E-state index is -2.08. The number of rotatable bonds is 4. The van der Waals surface area contributed by atoms with E-state index in [2.05, 4.69) is 5.32 Å². The first-order chi connectivity index (χ1) is 5.93. The van der Waals surface area contributed by atoms with E-state index in [-0.39, 0.29) is 13.9 Å². The van der Waals surface area contributed by atoms with Gasteiger partial charge in [0, 0.05) is 14.2 Å². The van der Waals surface area contributed by atoms with Crippen LogP contribution in [0, 0.1) is 0 Å². The maximum absolute atomic E-state index is 8.44. The second-order valence-corrected chi connectivity index (χ2v) is 2.19. The number of hydrogen-bond donors (Lipinski definition) is 2. The number of carboxylic acid groups (broad SMARTS) is 2. The lowest BCUT2D eigenvalue weighted by Crippen LogP contribution is -2.36. The van der Waals surface area contributed by atoms with E-state index in [1.807, 2.05) is 13.8 Å². The van der Waals surface area contributed by atoms with E-state index in [0.29, 0.717) is 0 Å². The zero-order valence-corrected chi connectivity index (χ0v) is 8.23. The number of carbonyl (C=O) groups is 1. The molecule has 0 rings (SSSR count). The average Bonchev–Trinajstić information content (AvgIpc) is 2.03. The predicted molar refractivity (Wildman–Crippen MR) is 45.2 cm³/mol. The average molecular weight is 195 g/mol. The van der Waals surface area contributed by atoms with Gasteiger partial charge in [0.25, 0.3) is 0 Å². The van der Waals surface area contributed by atoms with Crippen LogP contribution >= 0.6 is 0 Å². The molecular weight excluding hydrogens is 178 g/mol. The van der Waals surface area contributed by atoms with Crippen molar-refractivity contribution in [3.8, 4) is 0 Å². The van der Waals surface area contributed by atoms with Crippen molar-refractivity contribution in [2.24, 2.45) is 0 Å². The standard InChI is InChI=1S/C6H15NO2.CH2O3/c1-5(8-3)7-6(2)9-4;2-1(3)4/h5-7H,1-4H3;(H2,2,3,4). The summed E-state index contributed by atoms with van der Waals surface area (Å²) in [7, 11) is 3.31. The SMILES string of the molecule is COC(C)NC(C)OC.O=C([O-])O.[H+]. The minimum Gasteiger partial charge on any atom is -0.565 e. The fourth-order valence-corrected chi connectivity index (χ4v) is 0.467. The van der Waals surface area contributed by atoms with E-state index in [9.17, 15) is 0 Å². The summed E-state index contributed by atoms with van der Waals surface area (Å²) in [6.45, 7) is 3.85. The summed E-state index contributed by atoms with van der Waals surface area (Å²) in [6, 6.07) is 0. The van der Waals surface area contributed by atoms with Crippen molar-refractivity contribution in [3.63, 3.8) is 0 Å². The fraction of sp³-hybridized carbons (Fsp3) is 0.857. The van der Waals surface area contributed by atoms with E-state index in [4.69, 9.17) is 24.5 Å². The zero-order valence-electron chi connectivity index (χ0n) is 9.23. The molecular formula is C7H17NO5. The first kappa shape index (κ1) is 14.7. The van der Waals surface area contributed by atoms with Gasteiger partial charge < -0.3 is 24.5 Å². The van der Waals surface area contributed by atoms with Gasteiger partial charge in [-0.15, -0.1) is 0 Å². The topological polar surface area (TPSA) is 90.9 Å². The maximum atomic E-state index is 8.44. The van der Waals surface area contributed by atoms with E-state index < -0.39 is 6.16 Å². The summed E-state index contributed by atoms with van der Waals surface area (Å²) in [4.78, 5) is 8.44. The normalized spacial score (nSPS) is 13.8. The Morgan fingerprint density at radius 2 is 1.62 bits per heavy atom. The second-order valence-electron chi connectivity index (χ2n) is 2.19. The van der Waals surface area contributed by atoms with Gasteiger partial charge in [-0.3, -0.25) is 5.32 Å². The molecule has 0 spiro atoms. The lowest BCUT2D eigenvalue weighted by molar-refractivity contribution is -0.275. The number of hydrogen-bond acceptors (Lipinski definition) is 5. The van der Waals surface area contributed by atoms with Crippen molar-refractivity contribution in [3.05, 3.63) is 0 Å². The summed E-state index contributed by atoms with van der Waals surface area (Å²) in [5, 5.41) is 18.3. The van der Waals surface area contributed by atoms with Gasteiger partial charge in [0.15, 0.2) is 0 Å². The van der Waals surface area contributed by atoms with Crippen LogP contribution < -0.4 is 10.4 Å². The molecule has 0 saturated carbocycles. The Bertz CT molecular complexity index is 123. The zero-order chi connectivity index (χ0) is 10.9. The Hall–Kier alpha value is -0.850. The highest BCUT2D eigenvalue weighted by Gasteiger charge is 2.01. The molecule has 0 radical (unpaired) electrons. The maximum Gasteiger partial charge on any atom is 1.00 e. The van der Waals surface area contributed by atoms with Crippen LogP contribution in [0.4, 0.5) is 4.79 Å².